The molecule has 0 fully saturated rings. The lowest BCUT2D eigenvalue weighted by atomic mass is 10.1. The van der Waals surface area contributed by atoms with Gasteiger partial charge in [0, 0.05) is 25.9 Å². The molecule has 0 spiro atoms. The molecule has 122 valence electrons. The van der Waals surface area contributed by atoms with Crippen LogP contribution in [0.25, 0.3) is 0 Å². The van der Waals surface area contributed by atoms with E-state index in [9.17, 15) is 4.79 Å². The molecular weight excluding hydrogens is 294 g/mol. The number of fused-ring (bicyclic) bond motifs is 1. The second-order valence-electron chi connectivity index (χ2n) is 5.66. The third-order valence-corrected chi connectivity index (χ3v) is 4.09. The number of aryl methyl sites for hydroxylation is 1. The number of carbonyl (C=O) groups is 1. The van der Waals surface area contributed by atoms with Gasteiger partial charge in [0.15, 0.2) is 11.6 Å². The first-order valence-corrected chi connectivity index (χ1v) is 7.85. The van der Waals surface area contributed by atoms with Crippen LogP contribution in [0.15, 0.2) is 18.3 Å². The Balaban J connectivity index is 1.80. The molecule has 7 heteroatoms. The summed E-state index contributed by atoms with van der Waals surface area (Å²) in [5, 5.41) is 8.45. The zero-order chi connectivity index (χ0) is 16.4. The fraction of sp³-hybridized carbons (Fsp3) is 0.500. The predicted molar refractivity (Wildman–Crippen MR) is 83.8 cm³/mol. The van der Waals surface area contributed by atoms with Gasteiger partial charge in [-0.25, -0.2) is 0 Å². The number of aromatic nitrogens is 4. The van der Waals surface area contributed by atoms with Crippen LogP contribution in [0.1, 0.15) is 47.6 Å². The second kappa shape index (κ2) is 6.45. The van der Waals surface area contributed by atoms with E-state index in [-0.39, 0.29) is 11.9 Å². The van der Waals surface area contributed by atoms with Crippen molar-refractivity contribution in [3.63, 3.8) is 0 Å². The van der Waals surface area contributed by atoms with Gasteiger partial charge >= 0.3 is 0 Å². The van der Waals surface area contributed by atoms with Gasteiger partial charge in [-0.1, -0.05) is 6.07 Å². The summed E-state index contributed by atoms with van der Waals surface area (Å²) in [6.45, 7) is 8.24. The second-order valence-corrected chi connectivity index (χ2v) is 5.66. The highest BCUT2D eigenvalue weighted by Gasteiger charge is 2.32. The van der Waals surface area contributed by atoms with Gasteiger partial charge in [0.05, 0.1) is 6.04 Å². The average Bonchev–Trinajstić information content (AvgIpc) is 2.97. The maximum atomic E-state index is 12.7. The number of amides is 1. The lowest BCUT2D eigenvalue weighted by Crippen LogP contribution is -2.41. The number of hydrogen-bond donors (Lipinski definition) is 0. The molecular formula is C16H21N5O2. The Morgan fingerprint density at radius 1 is 1.35 bits per heavy atom. The van der Waals surface area contributed by atoms with E-state index in [1.807, 2.05) is 31.4 Å². The van der Waals surface area contributed by atoms with E-state index in [1.54, 1.807) is 17.2 Å². The van der Waals surface area contributed by atoms with E-state index < -0.39 is 0 Å². The Bertz CT molecular complexity index is 695. The van der Waals surface area contributed by atoms with Crippen LogP contribution in [0.2, 0.25) is 0 Å². The third-order valence-electron chi connectivity index (χ3n) is 4.09. The number of rotatable bonds is 4. The molecule has 0 saturated carbocycles. The van der Waals surface area contributed by atoms with Gasteiger partial charge in [0.1, 0.15) is 12.3 Å². The fourth-order valence-corrected chi connectivity index (χ4v) is 2.76. The Morgan fingerprint density at radius 2 is 2.17 bits per heavy atom. The molecule has 1 aliphatic heterocycles. The van der Waals surface area contributed by atoms with E-state index in [1.165, 1.54) is 0 Å². The molecule has 0 bridgehead atoms. The average molecular weight is 315 g/mol. The molecule has 1 atom stereocenters. The molecule has 0 aromatic carbocycles. The minimum atomic E-state index is -0.137. The van der Waals surface area contributed by atoms with Crippen LogP contribution in [-0.4, -0.2) is 43.7 Å². The number of nitrogens with zero attached hydrogens (tertiary/aromatic N) is 5. The van der Waals surface area contributed by atoms with Crippen molar-refractivity contribution in [3.05, 3.63) is 41.2 Å². The smallest absolute Gasteiger partial charge is 0.273 e. The van der Waals surface area contributed by atoms with Crippen molar-refractivity contribution in [1.82, 2.24) is 24.6 Å². The highest BCUT2D eigenvalue weighted by atomic mass is 16.5. The standard InChI is InChI=1S/C16H21N5O2/c1-4-23-10-14-18-19-15-12(3)20(7-8-21(14)15)16(22)13-6-5-11(2)9-17-13/h5-6,9,12H,4,7-8,10H2,1-3H3. The molecule has 0 aliphatic carbocycles. The largest absolute Gasteiger partial charge is 0.374 e. The van der Waals surface area contributed by atoms with Crippen LogP contribution in [0.4, 0.5) is 0 Å². The van der Waals surface area contributed by atoms with Crippen molar-refractivity contribution in [2.45, 2.75) is 40.0 Å². The summed E-state index contributed by atoms with van der Waals surface area (Å²) in [5.74, 6) is 1.54. The minimum absolute atomic E-state index is 0.0712. The van der Waals surface area contributed by atoms with Crippen molar-refractivity contribution in [2.75, 3.05) is 13.2 Å². The zero-order valence-corrected chi connectivity index (χ0v) is 13.7. The monoisotopic (exact) mass is 315 g/mol. The zero-order valence-electron chi connectivity index (χ0n) is 13.7. The third kappa shape index (κ3) is 2.96. The summed E-state index contributed by atoms with van der Waals surface area (Å²) < 4.78 is 7.47. The highest BCUT2D eigenvalue weighted by molar-refractivity contribution is 5.92. The number of ether oxygens (including phenoxy) is 1. The lowest BCUT2D eigenvalue weighted by Gasteiger charge is -2.33. The summed E-state index contributed by atoms with van der Waals surface area (Å²) in [7, 11) is 0. The fourth-order valence-electron chi connectivity index (χ4n) is 2.76. The molecule has 23 heavy (non-hydrogen) atoms. The van der Waals surface area contributed by atoms with Crippen LogP contribution in [0.5, 0.6) is 0 Å². The predicted octanol–water partition coefficient (Wildman–Crippen LogP) is 1.74. The highest BCUT2D eigenvalue weighted by Crippen LogP contribution is 2.25. The summed E-state index contributed by atoms with van der Waals surface area (Å²) in [6.07, 6.45) is 1.71. The van der Waals surface area contributed by atoms with E-state index in [2.05, 4.69) is 15.2 Å². The van der Waals surface area contributed by atoms with Crippen molar-refractivity contribution in [3.8, 4) is 0 Å². The quantitative estimate of drug-likeness (QED) is 0.859. The van der Waals surface area contributed by atoms with E-state index in [0.29, 0.717) is 32.0 Å². The summed E-state index contributed by atoms with van der Waals surface area (Å²) in [4.78, 5) is 18.7. The molecule has 2 aromatic heterocycles. The van der Waals surface area contributed by atoms with Gasteiger partial charge in [-0.3, -0.25) is 9.78 Å². The Morgan fingerprint density at radius 3 is 2.87 bits per heavy atom. The number of pyridine rings is 1. The molecule has 1 aliphatic rings. The molecule has 2 aromatic rings. The summed E-state index contributed by atoms with van der Waals surface area (Å²) in [5.41, 5.74) is 1.50. The molecule has 0 saturated heterocycles. The van der Waals surface area contributed by atoms with Crippen molar-refractivity contribution < 1.29 is 9.53 Å². The van der Waals surface area contributed by atoms with E-state index in [4.69, 9.17) is 4.74 Å². The Hall–Kier alpha value is -2.28. The molecule has 7 nitrogen and oxygen atoms in total. The van der Waals surface area contributed by atoms with Gasteiger partial charge in [-0.05, 0) is 32.4 Å². The summed E-state index contributed by atoms with van der Waals surface area (Å²) >= 11 is 0. The van der Waals surface area contributed by atoms with Gasteiger partial charge in [0.25, 0.3) is 5.91 Å². The van der Waals surface area contributed by atoms with Crippen LogP contribution < -0.4 is 0 Å². The van der Waals surface area contributed by atoms with Crippen LogP contribution in [-0.2, 0) is 17.9 Å². The SMILES string of the molecule is CCOCc1nnc2n1CCN(C(=O)c1ccc(C)cn1)C2C. The molecule has 1 unspecified atom stereocenters. The van der Waals surface area contributed by atoms with Crippen LogP contribution >= 0.6 is 0 Å². The van der Waals surface area contributed by atoms with Crippen LogP contribution in [0, 0.1) is 6.92 Å². The summed E-state index contributed by atoms with van der Waals surface area (Å²) in [6, 6.07) is 3.53. The first-order chi connectivity index (χ1) is 11.1. The van der Waals surface area contributed by atoms with Crippen molar-refractivity contribution in [1.29, 1.82) is 0 Å². The number of hydrogen-bond acceptors (Lipinski definition) is 5. The van der Waals surface area contributed by atoms with Gasteiger partial charge in [0.2, 0.25) is 0 Å². The van der Waals surface area contributed by atoms with Gasteiger partial charge in [-0.15, -0.1) is 10.2 Å². The topological polar surface area (TPSA) is 73.1 Å². The molecule has 0 N–H and O–H groups in total. The first kappa shape index (κ1) is 15.6. The Labute approximate surface area is 135 Å². The van der Waals surface area contributed by atoms with E-state index >= 15 is 0 Å². The van der Waals surface area contributed by atoms with Crippen molar-refractivity contribution >= 4 is 5.91 Å². The lowest BCUT2D eigenvalue weighted by molar-refractivity contribution is 0.0624. The first-order valence-electron chi connectivity index (χ1n) is 7.85. The maximum absolute atomic E-state index is 12.7. The molecule has 1 amide bonds. The molecule has 0 radical (unpaired) electrons. The van der Waals surface area contributed by atoms with Crippen molar-refractivity contribution in [2.24, 2.45) is 0 Å². The molecule has 3 rings (SSSR count). The normalized spacial score (nSPS) is 17.2. The minimum Gasteiger partial charge on any atom is -0.374 e. The molecule has 3 heterocycles. The maximum Gasteiger partial charge on any atom is 0.273 e. The van der Waals surface area contributed by atoms with Gasteiger partial charge in [-0.2, -0.15) is 0 Å². The van der Waals surface area contributed by atoms with E-state index in [0.717, 1.165) is 17.2 Å². The van der Waals surface area contributed by atoms with Gasteiger partial charge < -0.3 is 14.2 Å². The van der Waals surface area contributed by atoms with Crippen LogP contribution in [0.3, 0.4) is 0 Å². The number of carbonyl (C=O) groups excluding carboxylic acids is 1. The Kier molecular flexibility index (Phi) is 4.38.